The Bertz CT molecular complexity index is 762. The van der Waals surface area contributed by atoms with E-state index in [0.29, 0.717) is 17.3 Å². The lowest BCUT2D eigenvalue weighted by atomic mass is 10.1. The topological polar surface area (TPSA) is 58.6 Å². The number of nitrogens with one attached hydrogen (secondary N) is 1. The average molecular weight is 375 g/mol. The van der Waals surface area contributed by atoms with Gasteiger partial charge in [0.1, 0.15) is 11.8 Å². The molecule has 26 heavy (non-hydrogen) atoms. The molecule has 0 aliphatic carbocycles. The normalized spacial score (nSPS) is 11.5. The second-order valence-electron chi connectivity index (χ2n) is 5.97. The maximum Gasteiger partial charge on any atom is 0.242 e. The van der Waals surface area contributed by atoms with Crippen LogP contribution in [0.15, 0.2) is 48.5 Å². The Balaban J connectivity index is 2.22. The van der Waals surface area contributed by atoms with Crippen molar-refractivity contribution in [1.82, 2.24) is 10.2 Å². The summed E-state index contributed by atoms with van der Waals surface area (Å²) in [6.45, 7) is 2.04. The van der Waals surface area contributed by atoms with Crippen LogP contribution < -0.4 is 10.1 Å². The van der Waals surface area contributed by atoms with Crippen LogP contribution >= 0.6 is 11.6 Å². The van der Waals surface area contributed by atoms with E-state index in [1.54, 1.807) is 38.1 Å². The summed E-state index contributed by atoms with van der Waals surface area (Å²) in [5.74, 6) is 0.365. The third-order valence-corrected chi connectivity index (χ3v) is 4.42. The van der Waals surface area contributed by atoms with E-state index in [1.807, 2.05) is 36.4 Å². The standard InChI is InChI=1S/C20H23ClN2O3/c1-14(20(25)22-2)23(13-16-5-4-6-18(11-16)26-3)19(24)12-15-7-9-17(21)10-8-15/h4-11,14H,12-13H2,1-3H3,(H,22,25). The lowest BCUT2D eigenvalue weighted by Gasteiger charge is -2.28. The number of rotatable bonds is 7. The molecule has 1 atom stereocenters. The Morgan fingerprint density at radius 1 is 1.15 bits per heavy atom. The first-order chi connectivity index (χ1) is 12.4. The summed E-state index contributed by atoms with van der Waals surface area (Å²) in [4.78, 5) is 26.6. The predicted molar refractivity (Wildman–Crippen MR) is 102 cm³/mol. The van der Waals surface area contributed by atoms with Gasteiger partial charge in [-0.05, 0) is 42.3 Å². The molecular formula is C20H23ClN2O3. The molecule has 0 aliphatic rings. The third kappa shape index (κ3) is 5.23. The van der Waals surface area contributed by atoms with E-state index in [2.05, 4.69) is 5.32 Å². The summed E-state index contributed by atoms with van der Waals surface area (Å²) in [5.41, 5.74) is 1.74. The molecule has 2 amide bonds. The molecule has 0 aliphatic heterocycles. The number of hydrogen-bond donors (Lipinski definition) is 1. The minimum Gasteiger partial charge on any atom is -0.497 e. The second-order valence-corrected chi connectivity index (χ2v) is 6.40. The first-order valence-corrected chi connectivity index (χ1v) is 8.71. The Hall–Kier alpha value is -2.53. The van der Waals surface area contributed by atoms with E-state index >= 15 is 0 Å². The zero-order chi connectivity index (χ0) is 19.1. The minimum absolute atomic E-state index is 0.133. The quantitative estimate of drug-likeness (QED) is 0.810. The van der Waals surface area contributed by atoms with Crippen LogP contribution in [0.2, 0.25) is 5.02 Å². The van der Waals surface area contributed by atoms with Crippen molar-refractivity contribution in [2.75, 3.05) is 14.2 Å². The van der Waals surface area contributed by atoms with Gasteiger partial charge in [-0.3, -0.25) is 9.59 Å². The summed E-state index contributed by atoms with van der Waals surface area (Å²) in [6.07, 6.45) is 0.197. The summed E-state index contributed by atoms with van der Waals surface area (Å²) in [6, 6.07) is 14.0. The highest BCUT2D eigenvalue weighted by Crippen LogP contribution is 2.17. The first-order valence-electron chi connectivity index (χ1n) is 8.33. The van der Waals surface area contributed by atoms with Crippen molar-refractivity contribution in [3.8, 4) is 5.75 Å². The van der Waals surface area contributed by atoms with E-state index in [4.69, 9.17) is 16.3 Å². The summed E-state index contributed by atoms with van der Waals surface area (Å²) >= 11 is 5.90. The number of likely N-dealkylation sites (N-methyl/N-ethyl adjacent to an activating group) is 1. The van der Waals surface area contributed by atoms with Gasteiger partial charge in [-0.25, -0.2) is 0 Å². The van der Waals surface area contributed by atoms with Crippen molar-refractivity contribution in [3.63, 3.8) is 0 Å². The number of ether oxygens (including phenoxy) is 1. The van der Waals surface area contributed by atoms with Crippen molar-refractivity contribution >= 4 is 23.4 Å². The number of carbonyl (C=O) groups excluding carboxylic acids is 2. The largest absolute Gasteiger partial charge is 0.497 e. The van der Waals surface area contributed by atoms with Gasteiger partial charge in [-0.1, -0.05) is 35.9 Å². The SMILES string of the molecule is CNC(=O)C(C)N(Cc1cccc(OC)c1)C(=O)Cc1ccc(Cl)cc1. The molecule has 0 spiro atoms. The molecule has 0 fully saturated rings. The van der Waals surface area contributed by atoms with Crippen molar-refractivity contribution in [3.05, 3.63) is 64.7 Å². The predicted octanol–water partition coefficient (Wildman–Crippen LogP) is 3.05. The highest BCUT2D eigenvalue weighted by molar-refractivity contribution is 6.30. The number of hydrogen-bond acceptors (Lipinski definition) is 3. The molecule has 0 bridgehead atoms. The number of amides is 2. The summed E-state index contributed by atoms with van der Waals surface area (Å²) < 4.78 is 5.24. The van der Waals surface area contributed by atoms with E-state index in [0.717, 1.165) is 11.1 Å². The van der Waals surface area contributed by atoms with Crippen LogP contribution in [-0.2, 0) is 22.6 Å². The zero-order valence-electron chi connectivity index (χ0n) is 15.2. The van der Waals surface area contributed by atoms with Crippen molar-refractivity contribution in [2.24, 2.45) is 0 Å². The summed E-state index contributed by atoms with van der Waals surface area (Å²) in [7, 11) is 3.15. The van der Waals surface area contributed by atoms with Gasteiger partial charge in [0, 0.05) is 18.6 Å². The molecule has 0 radical (unpaired) electrons. The number of halogens is 1. The van der Waals surface area contributed by atoms with Gasteiger partial charge < -0.3 is 15.0 Å². The van der Waals surface area contributed by atoms with E-state index in [1.165, 1.54) is 0 Å². The Labute approximate surface area is 158 Å². The molecule has 1 unspecified atom stereocenters. The van der Waals surface area contributed by atoms with Crippen LogP contribution in [0.5, 0.6) is 5.75 Å². The van der Waals surface area contributed by atoms with Crippen LogP contribution in [0.25, 0.3) is 0 Å². The average Bonchev–Trinajstić information content (AvgIpc) is 2.66. The molecule has 6 heteroatoms. The van der Waals surface area contributed by atoms with Crippen LogP contribution in [0.1, 0.15) is 18.1 Å². The van der Waals surface area contributed by atoms with E-state index < -0.39 is 6.04 Å². The Morgan fingerprint density at radius 2 is 1.85 bits per heavy atom. The van der Waals surface area contributed by atoms with Crippen molar-refractivity contribution < 1.29 is 14.3 Å². The number of benzene rings is 2. The van der Waals surface area contributed by atoms with Crippen molar-refractivity contribution in [1.29, 1.82) is 0 Å². The maximum atomic E-state index is 12.9. The van der Waals surface area contributed by atoms with E-state index in [9.17, 15) is 9.59 Å². The molecule has 0 aromatic heterocycles. The molecule has 2 rings (SSSR count). The van der Waals surface area contributed by atoms with Gasteiger partial charge in [-0.15, -0.1) is 0 Å². The molecule has 2 aromatic carbocycles. The van der Waals surface area contributed by atoms with E-state index in [-0.39, 0.29) is 18.2 Å². The van der Waals surface area contributed by atoms with Gasteiger partial charge in [0.05, 0.1) is 13.5 Å². The lowest BCUT2D eigenvalue weighted by molar-refractivity contribution is -0.139. The van der Waals surface area contributed by atoms with Gasteiger partial charge in [0.25, 0.3) is 0 Å². The molecule has 138 valence electrons. The number of nitrogens with zero attached hydrogens (tertiary/aromatic N) is 1. The molecule has 0 saturated carbocycles. The monoisotopic (exact) mass is 374 g/mol. The minimum atomic E-state index is -0.592. The summed E-state index contributed by atoms with van der Waals surface area (Å²) in [5, 5.41) is 3.22. The second kappa shape index (κ2) is 9.25. The highest BCUT2D eigenvalue weighted by Gasteiger charge is 2.25. The maximum absolute atomic E-state index is 12.9. The van der Waals surface area contributed by atoms with Crippen molar-refractivity contribution in [2.45, 2.75) is 25.9 Å². The molecule has 0 heterocycles. The molecule has 0 saturated heterocycles. The van der Waals surface area contributed by atoms with Crippen LogP contribution in [0, 0.1) is 0 Å². The Morgan fingerprint density at radius 3 is 2.46 bits per heavy atom. The van der Waals surface area contributed by atoms with Gasteiger partial charge >= 0.3 is 0 Å². The Kier molecular flexibility index (Phi) is 7.04. The fourth-order valence-corrected chi connectivity index (χ4v) is 2.76. The van der Waals surface area contributed by atoms with Gasteiger partial charge in [0.15, 0.2) is 0 Å². The fourth-order valence-electron chi connectivity index (χ4n) is 2.64. The molecule has 2 aromatic rings. The first kappa shape index (κ1) is 19.8. The molecular weight excluding hydrogens is 352 g/mol. The van der Waals surface area contributed by atoms with Crippen LogP contribution in [0.3, 0.4) is 0 Å². The molecule has 5 nitrogen and oxygen atoms in total. The number of carbonyl (C=O) groups is 2. The smallest absolute Gasteiger partial charge is 0.242 e. The lowest BCUT2D eigenvalue weighted by Crippen LogP contribution is -2.47. The van der Waals surface area contributed by atoms with Crippen LogP contribution in [0.4, 0.5) is 0 Å². The van der Waals surface area contributed by atoms with Gasteiger partial charge in [-0.2, -0.15) is 0 Å². The number of methoxy groups -OCH3 is 1. The zero-order valence-corrected chi connectivity index (χ0v) is 15.9. The van der Waals surface area contributed by atoms with Crippen LogP contribution in [-0.4, -0.2) is 36.9 Å². The fraction of sp³-hybridized carbons (Fsp3) is 0.300. The molecule has 1 N–H and O–H groups in total. The highest BCUT2D eigenvalue weighted by atomic mass is 35.5. The van der Waals surface area contributed by atoms with Gasteiger partial charge in [0.2, 0.25) is 11.8 Å². The third-order valence-electron chi connectivity index (χ3n) is 4.17.